The zero-order valence-electron chi connectivity index (χ0n) is 14.3. The van der Waals surface area contributed by atoms with Gasteiger partial charge < -0.3 is 0 Å². The molecule has 0 saturated heterocycles. The first-order valence-electron chi connectivity index (χ1n) is 7.82. The molecule has 8 heteroatoms. The summed E-state index contributed by atoms with van der Waals surface area (Å²) < 4.78 is 25.3. The molecule has 1 heterocycles. The molecule has 3 rings (SSSR count). The van der Waals surface area contributed by atoms with Gasteiger partial charge in [0.2, 0.25) is 10.0 Å². The number of nitrogens with one attached hydrogen (secondary N) is 2. The molecule has 0 spiro atoms. The van der Waals surface area contributed by atoms with Crippen molar-refractivity contribution >= 4 is 21.9 Å². The van der Waals surface area contributed by atoms with E-state index in [2.05, 4.69) is 15.2 Å². The Balaban J connectivity index is 1.90. The van der Waals surface area contributed by atoms with E-state index in [1.165, 1.54) is 32.4 Å². The highest BCUT2D eigenvalue weighted by molar-refractivity contribution is 7.89. The summed E-state index contributed by atoms with van der Waals surface area (Å²) in [4.78, 5) is 16.5. The normalized spacial score (nSPS) is 12.1. The van der Waals surface area contributed by atoms with Crippen LogP contribution in [0, 0.1) is 0 Å². The first kappa shape index (κ1) is 17.8. The molecule has 134 valence electrons. The second-order valence-electron chi connectivity index (χ2n) is 5.77. The van der Waals surface area contributed by atoms with Gasteiger partial charge in [-0.2, -0.15) is 0 Å². The molecule has 0 unspecified atom stereocenters. The summed E-state index contributed by atoms with van der Waals surface area (Å²) in [6, 6.07) is 15.6. The van der Waals surface area contributed by atoms with Crippen molar-refractivity contribution < 1.29 is 8.42 Å². The molecular weight excluding hydrogens is 352 g/mol. The summed E-state index contributed by atoms with van der Waals surface area (Å²) in [6.07, 6.45) is 1.47. The van der Waals surface area contributed by atoms with E-state index in [1.807, 2.05) is 30.3 Å². The van der Waals surface area contributed by atoms with Gasteiger partial charge in [-0.3, -0.25) is 20.0 Å². The van der Waals surface area contributed by atoms with Crippen molar-refractivity contribution in [1.29, 1.82) is 0 Å². The standard InChI is InChI=1S/C18H18N4O3S/c1-22(2)26(24,25)15-10-8-14(9-11-15)19-12-16-17(20-21-18(16)23)13-6-4-3-5-7-13/h3-12H,1-2H3,(H2,20,21,23). The second kappa shape index (κ2) is 7.11. The minimum atomic E-state index is -3.48. The van der Waals surface area contributed by atoms with Gasteiger partial charge in [0.15, 0.2) is 0 Å². The van der Waals surface area contributed by atoms with Crippen LogP contribution in [0.3, 0.4) is 0 Å². The number of hydrogen-bond acceptors (Lipinski definition) is 4. The van der Waals surface area contributed by atoms with Crippen LogP contribution in [0.2, 0.25) is 0 Å². The van der Waals surface area contributed by atoms with Crippen molar-refractivity contribution in [2.75, 3.05) is 14.1 Å². The van der Waals surface area contributed by atoms with Gasteiger partial charge in [0.05, 0.1) is 21.8 Å². The molecule has 0 amide bonds. The van der Waals surface area contributed by atoms with E-state index in [1.54, 1.807) is 12.1 Å². The first-order chi connectivity index (χ1) is 12.4. The van der Waals surface area contributed by atoms with Gasteiger partial charge in [0, 0.05) is 25.9 Å². The zero-order chi connectivity index (χ0) is 18.7. The van der Waals surface area contributed by atoms with Crippen molar-refractivity contribution in [2.45, 2.75) is 4.90 Å². The van der Waals surface area contributed by atoms with Gasteiger partial charge in [-0.15, -0.1) is 0 Å². The number of sulfonamides is 1. The van der Waals surface area contributed by atoms with Gasteiger partial charge in [0.1, 0.15) is 0 Å². The Hall–Kier alpha value is -2.97. The molecule has 0 fully saturated rings. The molecule has 0 bridgehead atoms. The molecule has 7 nitrogen and oxygen atoms in total. The van der Waals surface area contributed by atoms with E-state index in [0.29, 0.717) is 16.9 Å². The number of benzene rings is 2. The van der Waals surface area contributed by atoms with Crippen LogP contribution in [0.1, 0.15) is 5.56 Å². The van der Waals surface area contributed by atoms with E-state index >= 15 is 0 Å². The summed E-state index contributed by atoms with van der Waals surface area (Å²) in [7, 11) is -0.526. The zero-order valence-corrected chi connectivity index (χ0v) is 15.1. The Bertz CT molecular complexity index is 1080. The Morgan fingerprint density at radius 2 is 1.62 bits per heavy atom. The SMILES string of the molecule is CN(C)S(=O)(=O)c1ccc(N=Cc2c(-c3ccccc3)[nH][nH]c2=O)cc1. The van der Waals surface area contributed by atoms with Crippen molar-refractivity contribution in [3.05, 3.63) is 70.5 Å². The van der Waals surface area contributed by atoms with Gasteiger partial charge in [-0.1, -0.05) is 30.3 Å². The van der Waals surface area contributed by atoms with Gasteiger partial charge in [-0.25, -0.2) is 12.7 Å². The Morgan fingerprint density at radius 3 is 2.23 bits per heavy atom. The third kappa shape index (κ3) is 3.51. The van der Waals surface area contributed by atoms with Crippen LogP contribution in [0.25, 0.3) is 11.3 Å². The average Bonchev–Trinajstić information content (AvgIpc) is 3.01. The Kier molecular flexibility index (Phi) is 4.88. The average molecular weight is 370 g/mol. The maximum absolute atomic E-state index is 12.1. The number of hydrogen-bond donors (Lipinski definition) is 2. The number of H-pyrrole nitrogens is 2. The summed E-state index contributed by atoms with van der Waals surface area (Å²) in [5.41, 5.74) is 2.17. The van der Waals surface area contributed by atoms with Crippen molar-refractivity contribution in [3.8, 4) is 11.3 Å². The van der Waals surface area contributed by atoms with Crippen molar-refractivity contribution in [1.82, 2.24) is 14.5 Å². The highest BCUT2D eigenvalue weighted by atomic mass is 32.2. The fourth-order valence-electron chi connectivity index (χ4n) is 2.38. The van der Waals surface area contributed by atoms with Crippen LogP contribution in [-0.2, 0) is 10.0 Å². The van der Waals surface area contributed by atoms with Gasteiger partial charge >= 0.3 is 0 Å². The molecule has 0 radical (unpaired) electrons. The minimum absolute atomic E-state index is 0.186. The number of nitrogens with zero attached hydrogens (tertiary/aromatic N) is 2. The summed E-state index contributed by atoms with van der Waals surface area (Å²) in [5, 5.41) is 5.41. The molecule has 0 saturated carbocycles. The molecule has 0 atom stereocenters. The predicted molar refractivity (Wildman–Crippen MR) is 101 cm³/mol. The maximum Gasteiger partial charge on any atom is 0.273 e. The molecule has 0 aliphatic carbocycles. The summed E-state index contributed by atoms with van der Waals surface area (Å²) >= 11 is 0. The predicted octanol–water partition coefficient (Wildman–Crippen LogP) is 2.37. The first-order valence-corrected chi connectivity index (χ1v) is 9.26. The van der Waals surface area contributed by atoms with Crippen LogP contribution in [0.4, 0.5) is 5.69 Å². The van der Waals surface area contributed by atoms with Crippen molar-refractivity contribution in [2.24, 2.45) is 4.99 Å². The number of aromatic nitrogens is 2. The molecule has 3 aromatic rings. The maximum atomic E-state index is 12.1. The summed E-state index contributed by atoms with van der Waals surface area (Å²) in [6.45, 7) is 0. The molecule has 2 aromatic carbocycles. The minimum Gasteiger partial charge on any atom is -0.297 e. The van der Waals surface area contributed by atoms with E-state index in [-0.39, 0.29) is 10.5 Å². The smallest absolute Gasteiger partial charge is 0.273 e. The third-order valence-corrected chi connectivity index (χ3v) is 5.66. The van der Waals surface area contributed by atoms with Gasteiger partial charge in [-0.05, 0) is 24.3 Å². The number of aromatic amines is 2. The van der Waals surface area contributed by atoms with E-state index < -0.39 is 10.0 Å². The molecule has 26 heavy (non-hydrogen) atoms. The largest absolute Gasteiger partial charge is 0.297 e. The van der Waals surface area contributed by atoms with Crippen LogP contribution in [-0.4, -0.2) is 43.2 Å². The van der Waals surface area contributed by atoms with Crippen LogP contribution in [0.15, 0.2) is 69.3 Å². The Labute approximate surface area is 151 Å². The molecule has 1 aromatic heterocycles. The Morgan fingerprint density at radius 1 is 0.962 bits per heavy atom. The third-order valence-electron chi connectivity index (χ3n) is 3.84. The fraction of sp³-hybridized carbons (Fsp3) is 0.111. The molecule has 0 aliphatic rings. The fourth-order valence-corrected chi connectivity index (χ4v) is 3.28. The molecular formula is C18H18N4O3S. The van der Waals surface area contributed by atoms with Gasteiger partial charge in [0.25, 0.3) is 5.56 Å². The highest BCUT2D eigenvalue weighted by Crippen LogP contribution is 2.20. The van der Waals surface area contributed by atoms with Crippen LogP contribution < -0.4 is 5.56 Å². The number of rotatable bonds is 5. The van der Waals surface area contributed by atoms with E-state index in [0.717, 1.165) is 9.87 Å². The van der Waals surface area contributed by atoms with E-state index in [4.69, 9.17) is 0 Å². The lowest BCUT2D eigenvalue weighted by Gasteiger charge is -2.10. The lowest BCUT2D eigenvalue weighted by atomic mass is 10.1. The lowest BCUT2D eigenvalue weighted by molar-refractivity contribution is 0.521. The van der Waals surface area contributed by atoms with E-state index in [9.17, 15) is 13.2 Å². The topological polar surface area (TPSA) is 98.4 Å². The van der Waals surface area contributed by atoms with Crippen LogP contribution >= 0.6 is 0 Å². The summed E-state index contributed by atoms with van der Waals surface area (Å²) in [5.74, 6) is 0. The molecule has 0 aliphatic heterocycles. The molecule has 2 N–H and O–H groups in total. The number of aliphatic imine (C=N–C) groups is 1. The lowest BCUT2D eigenvalue weighted by Crippen LogP contribution is -2.21. The van der Waals surface area contributed by atoms with Crippen LogP contribution in [0.5, 0.6) is 0 Å². The highest BCUT2D eigenvalue weighted by Gasteiger charge is 2.16. The second-order valence-corrected chi connectivity index (χ2v) is 7.93. The quantitative estimate of drug-likeness (QED) is 0.675. The monoisotopic (exact) mass is 370 g/mol. The van der Waals surface area contributed by atoms with Crippen molar-refractivity contribution in [3.63, 3.8) is 0 Å².